The summed E-state index contributed by atoms with van der Waals surface area (Å²) in [6.07, 6.45) is 2.82. The molecular formula is C21H16BrNO4. The van der Waals surface area contributed by atoms with Gasteiger partial charge in [-0.1, -0.05) is 24.3 Å². The third kappa shape index (κ3) is 4.80. The van der Waals surface area contributed by atoms with Crippen molar-refractivity contribution >= 4 is 44.7 Å². The maximum atomic E-state index is 12.1. The maximum Gasteiger partial charge on any atom is 0.331 e. The second kappa shape index (κ2) is 8.60. The molecule has 1 aromatic heterocycles. The Labute approximate surface area is 164 Å². The summed E-state index contributed by atoms with van der Waals surface area (Å²) >= 11 is 3.32. The lowest BCUT2D eigenvalue weighted by molar-refractivity contribution is -0.136. The van der Waals surface area contributed by atoms with Crippen LogP contribution in [0.4, 0.5) is 0 Å². The zero-order chi connectivity index (χ0) is 19.2. The summed E-state index contributed by atoms with van der Waals surface area (Å²) in [5, 5.41) is 1.02. The first-order chi connectivity index (χ1) is 13.1. The molecule has 0 spiro atoms. The Balaban J connectivity index is 1.59. The van der Waals surface area contributed by atoms with Crippen molar-refractivity contribution < 1.29 is 19.1 Å². The van der Waals surface area contributed by atoms with E-state index in [2.05, 4.69) is 20.9 Å². The minimum absolute atomic E-state index is 0.302. The van der Waals surface area contributed by atoms with Crippen LogP contribution < -0.4 is 4.74 Å². The van der Waals surface area contributed by atoms with Crippen molar-refractivity contribution in [1.29, 1.82) is 0 Å². The van der Waals surface area contributed by atoms with E-state index in [4.69, 9.17) is 9.47 Å². The van der Waals surface area contributed by atoms with Crippen LogP contribution in [0.3, 0.4) is 0 Å². The molecule has 3 rings (SSSR count). The highest BCUT2D eigenvalue weighted by molar-refractivity contribution is 9.10. The third-order valence-corrected chi connectivity index (χ3v) is 4.45. The normalized spacial score (nSPS) is 10.9. The highest BCUT2D eigenvalue weighted by Crippen LogP contribution is 2.25. The van der Waals surface area contributed by atoms with Gasteiger partial charge in [-0.05, 0) is 52.3 Å². The van der Waals surface area contributed by atoms with Crippen LogP contribution in [-0.2, 0) is 9.53 Å². The first-order valence-corrected chi connectivity index (χ1v) is 8.93. The number of aromatic nitrogens is 1. The summed E-state index contributed by atoms with van der Waals surface area (Å²) in [7, 11) is 1.54. The lowest BCUT2D eigenvalue weighted by Crippen LogP contribution is -2.12. The largest absolute Gasteiger partial charge is 0.496 e. The molecule has 0 amide bonds. The molecule has 0 saturated heterocycles. The fourth-order valence-electron chi connectivity index (χ4n) is 2.44. The molecule has 0 aliphatic carbocycles. The molecule has 0 aliphatic heterocycles. The molecule has 0 aliphatic rings. The molecule has 0 saturated carbocycles. The number of rotatable bonds is 6. The molecule has 0 bridgehead atoms. The Bertz CT molecular complexity index is 1030. The smallest absolute Gasteiger partial charge is 0.331 e. The zero-order valence-corrected chi connectivity index (χ0v) is 16.1. The van der Waals surface area contributed by atoms with Gasteiger partial charge in [-0.25, -0.2) is 9.78 Å². The van der Waals surface area contributed by atoms with E-state index in [9.17, 15) is 9.59 Å². The molecular weight excluding hydrogens is 410 g/mol. The number of methoxy groups -OCH3 is 1. The monoisotopic (exact) mass is 425 g/mol. The van der Waals surface area contributed by atoms with Gasteiger partial charge in [0.2, 0.25) is 0 Å². The number of Topliss-reactive ketones (excluding diaryl/α,β-unsaturated/α-hetero) is 1. The molecule has 0 N–H and O–H groups in total. The van der Waals surface area contributed by atoms with Gasteiger partial charge in [-0.3, -0.25) is 4.79 Å². The number of nitrogens with zero attached hydrogens (tertiary/aromatic N) is 1. The van der Waals surface area contributed by atoms with Crippen molar-refractivity contribution in [2.75, 3.05) is 13.7 Å². The van der Waals surface area contributed by atoms with E-state index >= 15 is 0 Å². The molecule has 6 heteroatoms. The van der Waals surface area contributed by atoms with Crippen molar-refractivity contribution in [3.63, 3.8) is 0 Å². The van der Waals surface area contributed by atoms with E-state index in [0.717, 1.165) is 10.9 Å². The first-order valence-electron chi connectivity index (χ1n) is 8.14. The standard InChI is InChI=1S/C21H16BrNO4/c1-26-20-10-7-15(12-17(20)22)19(24)13-27-21(25)11-9-16-8-6-14-4-2-3-5-18(14)23-16/h2-12H,13H2,1H3/b11-9+. The Morgan fingerprint density at radius 3 is 2.70 bits per heavy atom. The molecule has 2 aromatic carbocycles. The summed E-state index contributed by atoms with van der Waals surface area (Å²) in [6, 6.07) is 16.4. The topological polar surface area (TPSA) is 65.5 Å². The molecule has 0 unspecified atom stereocenters. The van der Waals surface area contributed by atoms with Gasteiger partial charge in [0.15, 0.2) is 12.4 Å². The molecule has 3 aromatic rings. The fraction of sp³-hybridized carbons (Fsp3) is 0.0952. The predicted octanol–water partition coefficient (Wildman–Crippen LogP) is 4.45. The van der Waals surface area contributed by atoms with Crippen LogP contribution in [0, 0.1) is 0 Å². The lowest BCUT2D eigenvalue weighted by Gasteiger charge is -2.06. The molecule has 0 atom stereocenters. The number of hydrogen-bond acceptors (Lipinski definition) is 5. The van der Waals surface area contributed by atoms with Gasteiger partial charge in [0.05, 0.1) is 22.8 Å². The fourth-order valence-corrected chi connectivity index (χ4v) is 2.98. The SMILES string of the molecule is COc1ccc(C(=O)COC(=O)/C=C/c2ccc3ccccc3n2)cc1Br. The number of ketones is 1. The highest BCUT2D eigenvalue weighted by atomic mass is 79.9. The van der Waals surface area contributed by atoms with Crippen LogP contribution in [0.15, 0.2) is 65.1 Å². The summed E-state index contributed by atoms with van der Waals surface area (Å²) in [4.78, 5) is 28.4. The number of carbonyl (C=O) groups is 2. The van der Waals surface area contributed by atoms with Crippen molar-refractivity contribution in [2.45, 2.75) is 0 Å². The minimum Gasteiger partial charge on any atom is -0.496 e. The van der Waals surface area contributed by atoms with E-state index in [1.807, 2.05) is 36.4 Å². The molecule has 27 heavy (non-hydrogen) atoms. The summed E-state index contributed by atoms with van der Waals surface area (Å²) < 4.78 is 10.8. The number of pyridine rings is 1. The van der Waals surface area contributed by atoms with Crippen LogP contribution in [0.25, 0.3) is 17.0 Å². The average Bonchev–Trinajstić information content (AvgIpc) is 2.70. The predicted molar refractivity (Wildman–Crippen MR) is 107 cm³/mol. The number of esters is 1. The number of fused-ring (bicyclic) bond motifs is 1. The first kappa shape index (κ1) is 18.8. The number of para-hydroxylation sites is 1. The minimum atomic E-state index is -0.606. The van der Waals surface area contributed by atoms with Crippen LogP contribution >= 0.6 is 15.9 Å². The van der Waals surface area contributed by atoms with Crippen LogP contribution in [0.5, 0.6) is 5.75 Å². The van der Waals surface area contributed by atoms with Gasteiger partial charge in [-0.15, -0.1) is 0 Å². The third-order valence-electron chi connectivity index (χ3n) is 3.83. The van der Waals surface area contributed by atoms with E-state index in [-0.39, 0.29) is 12.4 Å². The summed E-state index contributed by atoms with van der Waals surface area (Å²) in [6.45, 7) is -0.340. The van der Waals surface area contributed by atoms with Crippen LogP contribution in [0.1, 0.15) is 16.1 Å². The molecule has 5 nitrogen and oxygen atoms in total. The number of benzene rings is 2. The molecule has 1 heterocycles. The van der Waals surface area contributed by atoms with Gasteiger partial charge < -0.3 is 9.47 Å². The second-order valence-corrected chi connectivity index (χ2v) is 6.50. The highest BCUT2D eigenvalue weighted by Gasteiger charge is 2.11. The maximum absolute atomic E-state index is 12.1. The second-order valence-electron chi connectivity index (χ2n) is 5.64. The molecule has 136 valence electrons. The van der Waals surface area contributed by atoms with Crippen molar-refractivity contribution in [1.82, 2.24) is 4.98 Å². The van der Waals surface area contributed by atoms with Crippen molar-refractivity contribution in [3.8, 4) is 5.75 Å². The number of halogens is 1. The number of carbonyl (C=O) groups excluding carboxylic acids is 2. The lowest BCUT2D eigenvalue weighted by atomic mass is 10.1. The quantitative estimate of drug-likeness (QED) is 0.331. The van der Waals surface area contributed by atoms with Crippen LogP contribution in [0.2, 0.25) is 0 Å². The van der Waals surface area contributed by atoms with E-state index < -0.39 is 5.97 Å². The van der Waals surface area contributed by atoms with Gasteiger partial charge in [0.1, 0.15) is 5.75 Å². The van der Waals surface area contributed by atoms with Crippen LogP contribution in [-0.4, -0.2) is 30.5 Å². The van der Waals surface area contributed by atoms with E-state index in [1.165, 1.54) is 6.08 Å². The van der Waals surface area contributed by atoms with Gasteiger partial charge in [0, 0.05) is 17.0 Å². The van der Waals surface area contributed by atoms with Gasteiger partial charge >= 0.3 is 5.97 Å². The Kier molecular flexibility index (Phi) is 5.98. The Morgan fingerprint density at radius 1 is 1.11 bits per heavy atom. The molecule has 0 radical (unpaired) electrons. The van der Waals surface area contributed by atoms with Crippen molar-refractivity contribution in [3.05, 3.63) is 76.4 Å². The van der Waals surface area contributed by atoms with Crippen molar-refractivity contribution in [2.24, 2.45) is 0 Å². The van der Waals surface area contributed by atoms with Gasteiger partial charge in [-0.2, -0.15) is 0 Å². The molecule has 0 fully saturated rings. The zero-order valence-electron chi connectivity index (χ0n) is 14.5. The Morgan fingerprint density at radius 2 is 1.93 bits per heavy atom. The average molecular weight is 426 g/mol. The number of hydrogen-bond donors (Lipinski definition) is 0. The van der Waals surface area contributed by atoms with Gasteiger partial charge in [0.25, 0.3) is 0 Å². The Hall–Kier alpha value is -2.99. The summed E-state index contributed by atoms with van der Waals surface area (Å²) in [5.74, 6) is -0.288. The summed E-state index contributed by atoms with van der Waals surface area (Å²) in [5.41, 5.74) is 1.90. The van der Waals surface area contributed by atoms with E-state index in [0.29, 0.717) is 21.5 Å². The number of ether oxygens (including phenoxy) is 2. The van der Waals surface area contributed by atoms with E-state index in [1.54, 1.807) is 31.4 Å².